The number of anilines is 1. The molecule has 0 bridgehead atoms. The maximum absolute atomic E-state index is 12.2. The number of thioether (sulfide) groups is 1. The van der Waals surface area contributed by atoms with Crippen molar-refractivity contribution in [2.45, 2.75) is 63.1 Å². The van der Waals surface area contributed by atoms with E-state index < -0.39 is 0 Å². The molecule has 1 aromatic carbocycles. The van der Waals surface area contributed by atoms with Gasteiger partial charge in [0.1, 0.15) is 5.75 Å². The highest BCUT2D eigenvalue weighted by molar-refractivity contribution is 7.99. The van der Waals surface area contributed by atoms with Crippen molar-refractivity contribution < 1.29 is 9.53 Å². The van der Waals surface area contributed by atoms with E-state index in [4.69, 9.17) is 10.6 Å². The number of benzene rings is 1. The standard InChI is InChI=1S/C19H27N5O2S/c1-13(2)26-16-10-8-15(9-11-16)21-17(25)12-27-19-23-22-18(24(19)20)14-6-4-3-5-7-14/h8-11,13-14H,3-7,12,20H2,1-2H3,(H,21,25). The number of hydrogen-bond acceptors (Lipinski definition) is 6. The lowest BCUT2D eigenvalue weighted by atomic mass is 9.89. The van der Waals surface area contributed by atoms with E-state index in [0.29, 0.717) is 11.1 Å². The summed E-state index contributed by atoms with van der Waals surface area (Å²) in [4.78, 5) is 12.2. The summed E-state index contributed by atoms with van der Waals surface area (Å²) in [7, 11) is 0. The summed E-state index contributed by atoms with van der Waals surface area (Å²) >= 11 is 1.30. The van der Waals surface area contributed by atoms with Gasteiger partial charge in [-0.25, -0.2) is 4.68 Å². The maximum Gasteiger partial charge on any atom is 0.234 e. The van der Waals surface area contributed by atoms with Crippen LogP contribution >= 0.6 is 11.8 Å². The van der Waals surface area contributed by atoms with Crippen LogP contribution in [0.3, 0.4) is 0 Å². The number of amides is 1. The first-order valence-corrected chi connectivity index (χ1v) is 10.4. The first-order valence-electron chi connectivity index (χ1n) is 9.42. The summed E-state index contributed by atoms with van der Waals surface area (Å²) in [5.74, 6) is 8.26. The van der Waals surface area contributed by atoms with E-state index in [2.05, 4.69) is 15.5 Å². The second-order valence-electron chi connectivity index (χ2n) is 7.07. The van der Waals surface area contributed by atoms with Gasteiger partial charge in [0.2, 0.25) is 11.1 Å². The van der Waals surface area contributed by atoms with Gasteiger partial charge in [-0.05, 0) is 51.0 Å². The summed E-state index contributed by atoms with van der Waals surface area (Å²) in [6.45, 7) is 3.95. The molecule has 146 valence electrons. The molecule has 0 saturated heterocycles. The van der Waals surface area contributed by atoms with Crippen molar-refractivity contribution in [3.63, 3.8) is 0 Å². The second-order valence-corrected chi connectivity index (χ2v) is 8.02. The van der Waals surface area contributed by atoms with Crippen molar-refractivity contribution in [1.29, 1.82) is 0 Å². The Bertz CT molecular complexity index is 754. The Labute approximate surface area is 164 Å². The third-order valence-electron chi connectivity index (χ3n) is 4.50. The van der Waals surface area contributed by atoms with Gasteiger partial charge in [-0.3, -0.25) is 4.79 Å². The predicted octanol–water partition coefficient (Wildman–Crippen LogP) is 3.56. The number of ether oxygens (including phenoxy) is 1. The number of nitrogens with one attached hydrogen (secondary N) is 1. The highest BCUT2D eigenvalue weighted by Gasteiger charge is 2.22. The van der Waals surface area contributed by atoms with E-state index in [0.717, 1.165) is 30.1 Å². The van der Waals surface area contributed by atoms with Crippen LogP contribution in [0.5, 0.6) is 5.75 Å². The number of nitrogen functional groups attached to an aromatic ring is 1. The molecule has 0 atom stereocenters. The molecule has 0 unspecified atom stereocenters. The largest absolute Gasteiger partial charge is 0.491 e. The molecule has 0 aliphatic heterocycles. The quantitative estimate of drug-likeness (QED) is 0.555. The molecular weight excluding hydrogens is 362 g/mol. The average Bonchev–Trinajstić information content (AvgIpc) is 3.02. The van der Waals surface area contributed by atoms with Crippen molar-refractivity contribution in [2.24, 2.45) is 0 Å². The molecule has 1 aromatic heterocycles. The molecule has 27 heavy (non-hydrogen) atoms. The fourth-order valence-electron chi connectivity index (χ4n) is 3.24. The van der Waals surface area contributed by atoms with E-state index >= 15 is 0 Å². The van der Waals surface area contributed by atoms with Crippen LogP contribution in [0.1, 0.15) is 57.7 Å². The first-order chi connectivity index (χ1) is 13.0. The molecule has 8 heteroatoms. The first kappa shape index (κ1) is 19.5. The Kier molecular flexibility index (Phi) is 6.60. The van der Waals surface area contributed by atoms with Crippen LogP contribution in [0.15, 0.2) is 29.4 Å². The topological polar surface area (TPSA) is 95.1 Å². The normalized spacial score (nSPS) is 15.1. The summed E-state index contributed by atoms with van der Waals surface area (Å²) < 4.78 is 7.14. The van der Waals surface area contributed by atoms with Crippen LogP contribution in [0.2, 0.25) is 0 Å². The fraction of sp³-hybridized carbons (Fsp3) is 0.526. The molecule has 1 aliphatic carbocycles. The minimum Gasteiger partial charge on any atom is -0.491 e. The van der Waals surface area contributed by atoms with Crippen LogP contribution in [0, 0.1) is 0 Å². The second kappa shape index (κ2) is 9.12. The Hall–Kier alpha value is -2.22. The predicted molar refractivity (Wildman–Crippen MR) is 108 cm³/mol. The summed E-state index contributed by atoms with van der Waals surface area (Å²) in [5.41, 5.74) is 0.730. The zero-order valence-electron chi connectivity index (χ0n) is 15.9. The van der Waals surface area contributed by atoms with Gasteiger partial charge in [-0.2, -0.15) is 0 Å². The Morgan fingerprint density at radius 2 is 1.96 bits per heavy atom. The van der Waals surface area contributed by atoms with Crippen LogP contribution in [0.4, 0.5) is 5.69 Å². The lowest BCUT2D eigenvalue weighted by Gasteiger charge is -2.20. The summed E-state index contributed by atoms with van der Waals surface area (Å²) in [6.07, 6.45) is 6.04. The Morgan fingerprint density at radius 3 is 2.63 bits per heavy atom. The molecule has 0 radical (unpaired) electrons. The third kappa shape index (κ3) is 5.38. The highest BCUT2D eigenvalue weighted by atomic mass is 32.2. The number of carbonyl (C=O) groups is 1. The lowest BCUT2D eigenvalue weighted by Crippen LogP contribution is -2.19. The highest BCUT2D eigenvalue weighted by Crippen LogP contribution is 2.32. The molecule has 2 aromatic rings. The number of nitrogens with zero attached hydrogens (tertiary/aromatic N) is 3. The van der Waals surface area contributed by atoms with Gasteiger partial charge in [0.25, 0.3) is 0 Å². The zero-order valence-corrected chi connectivity index (χ0v) is 16.7. The van der Waals surface area contributed by atoms with Gasteiger partial charge in [0.15, 0.2) is 5.82 Å². The monoisotopic (exact) mass is 389 g/mol. The third-order valence-corrected chi connectivity index (χ3v) is 5.45. The van der Waals surface area contributed by atoms with Gasteiger partial charge < -0.3 is 15.9 Å². The number of rotatable bonds is 7. The van der Waals surface area contributed by atoms with Gasteiger partial charge in [-0.1, -0.05) is 31.0 Å². The molecule has 0 spiro atoms. The molecule has 3 rings (SSSR count). The van der Waals surface area contributed by atoms with E-state index in [9.17, 15) is 4.79 Å². The fourth-order valence-corrected chi connectivity index (χ4v) is 3.91. The molecule has 1 saturated carbocycles. The summed E-state index contributed by atoms with van der Waals surface area (Å²) in [5, 5.41) is 11.9. The van der Waals surface area contributed by atoms with Crippen molar-refractivity contribution in [3.8, 4) is 5.75 Å². The van der Waals surface area contributed by atoms with Gasteiger partial charge in [0.05, 0.1) is 11.9 Å². The molecule has 1 amide bonds. The van der Waals surface area contributed by atoms with Gasteiger partial charge in [-0.15, -0.1) is 10.2 Å². The van der Waals surface area contributed by atoms with E-state index in [1.807, 2.05) is 38.1 Å². The van der Waals surface area contributed by atoms with Crippen LogP contribution in [-0.2, 0) is 4.79 Å². The zero-order chi connectivity index (χ0) is 19.2. The maximum atomic E-state index is 12.2. The number of carbonyl (C=O) groups excluding carboxylic acids is 1. The van der Waals surface area contributed by atoms with Crippen LogP contribution in [-0.4, -0.2) is 32.6 Å². The van der Waals surface area contributed by atoms with Crippen LogP contribution in [0.25, 0.3) is 0 Å². The lowest BCUT2D eigenvalue weighted by molar-refractivity contribution is -0.113. The summed E-state index contributed by atoms with van der Waals surface area (Å²) in [6, 6.07) is 7.34. The average molecular weight is 390 g/mol. The smallest absolute Gasteiger partial charge is 0.234 e. The molecular formula is C19H27N5O2S. The van der Waals surface area contributed by atoms with Gasteiger partial charge >= 0.3 is 0 Å². The molecule has 1 aliphatic rings. The van der Waals surface area contributed by atoms with E-state index in [-0.39, 0.29) is 17.8 Å². The van der Waals surface area contributed by atoms with Crippen molar-refractivity contribution in [3.05, 3.63) is 30.1 Å². The molecule has 7 nitrogen and oxygen atoms in total. The number of hydrogen-bond donors (Lipinski definition) is 2. The number of aromatic nitrogens is 3. The number of nitrogens with two attached hydrogens (primary N) is 1. The SMILES string of the molecule is CC(C)Oc1ccc(NC(=O)CSc2nnc(C3CCCCC3)n2N)cc1. The minimum atomic E-state index is -0.111. The van der Waals surface area contributed by atoms with E-state index in [1.54, 1.807) is 4.68 Å². The molecule has 1 heterocycles. The van der Waals surface area contributed by atoms with E-state index in [1.165, 1.54) is 31.0 Å². The Balaban J connectivity index is 1.51. The van der Waals surface area contributed by atoms with Crippen LogP contribution < -0.4 is 15.9 Å². The molecule has 1 fully saturated rings. The van der Waals surface area contributed by atoms with Crippen molar-refractivity contribution in [2.75, 3.05) is 16.9 Å². The van der Waals surface area contributed by atoms with Crippen molar-refractivity contribution in [1.82, 2.24) is 14.9 Å². The minimum absolute atomic E-state index is 0.111. The van der Waals surface area contributed by atoms with Crippen molar-refractivity contribution >= 4 is 23.4 Å². The molecule has 3 N–H and O–H groups in total. The Morgan fingerprint density at radius 1 is 1.26 bits per heavy atom. The van der Waals surface area contributed by atoms with Gasteiger partial charge in [0, 0.05) is 11.6 Å².